The highest BCUT2D eigenvalue weighted by Gasteiger charge is 2.07. The fraction of sp³-hybridized carbons (Fsp3) is 0.462. The smallest absolute Gasteiger partial charge is 0.0755 e. The summed E-state index contributed by atoms with van der Waals surface area (Å²) in [6.07, 6.45) is 3.08. The number of hydrogen-bond donors (Lipinski definition) is 1. The second kappa shape index (κ2) is 5.47. The van der Waals surface area contributed by atoms with Crippen LogP contribution in [0.25, 0.3) is 0 Å². The fourth-order valence-electron chi connectivity index (χ4n) is 1.85. The summed E-state index contributed by atoms with van der Waals surface area (Å²) in [6, 6.07) is 4.43. The number of hydrogen-bond acceptors (Lipinski definition) is 3. The Balaban J connectivity index is 2.12. The lowest BCUT2D eigenvalue weighted by molar-refractivity contribution is 0.668. The number of thiophene rings is 1. The summed E-state index contributed by atoms with van der Waals surface area (Å²) in [6.45, 7) is 6.10. The van der Waals surface area contributed by atoms with Gasteiger partial charge >= 0.3 is 0 Å². The van der Waals surface area contributed by atoms with Crippen molar-refractivity contribution < 1.29 is 0 Å². The predicted octanol–water partition coefficient (Wildman–Crippen LogP) is 2.58. The highest BCUT2D eigenvalue weighted by Crippen LogP contribution is 2.19. The zero-order chi connectivity index (χ0) is 12.3. The van der Waals surface area contributed by atoms with Gasteiger partial charge in [-0.15, -0.1) is 11.3 Å². The molecule has 0 spiro atoms. The number of aromatic nitrogens is 2. The van der Waals surface area contributed by atoms with E-state index in [1.165, 1.54) is 21.0 Å². The van der Waals surface area contributed by atoms with E-state index in [1.54, 1.807) is 0 Å². The molecule has 0 saturated carbocycles. The minimum atomic E-state index is 0.885. The van der Waals surface area contributed by atoms with Crippen molar-refractivity contribution in [1.82, 2.24) is 15.1 Å². The van der Waals surface area contributed by atoms with Gasteiger partial charge in [-0.05, 0) is 32.5 Å². The Morgan fingerprint density at radius 1 is 1.35 bits per heavy atom. The minimum absolute atomic E-state index is 0.885. The van der Waals surface area contributed by atoms with Gasteiger partial charge in [-0.25, -0.2) is 0 Å². The van der Waals surface area contributed by atoms with Crippen molar-refractivity contribution in [2.45, 2.75) is 33.4 Å². The van der Waals surface area contributed by atoms with Crippen LogP contribution in [0.5, 0.6) is 0 Å². The minimum Gasteiger partial charge on any atom is -0.316 e. The van der Waals surface area contributed by atoms with E-state index in [0.717, 1.165) is 19.5 Å². The molecule has 2 aromatic heterocycles. The van der Waals surface area contributed by atoms with Crippen LogP contribution in [0.4, 0.5) is 0 Å². The van der Waals surface area contributed by atoms with Crippen molar-refractivity contribution in [1.29, 1.82) is 0 Å². The Morgan fingerprint density at radius 3 is 2.76 bits per heavy atom. The molecule has 0 fully saturated rings. The van der Waals surface area contributed by atoms with Crippen molar-refractivity contribution in [3.8, 4) is 0 Å². The molecule has 3 nitrogen and oxygen atoms in total. The van der Waals surface area contributed by atoms with E-state index in [-0.39, 0.29) is 0 Å². The molecule has 2 heterocycles. The normalized spacial score (nSPS) is 11.0. The second-order valence-corrected chi connectivity index (χ2v) is 5.42. The van der Waals surface area contributed by atoms with Crippen LogP contribution in [0.3, 0.4) is 0 Å². The summed E-state index contributed by atoms with van der Waals surface area (Å²) in [5.41, 5.74) is 2.53. The van der Waals surface area contributed by atoms with E-state index in [1.807, 2.05) is 24.6 Å². The highest BCUT2D eigenvalue weighted by molar-refractivity contribution is 7.11. The first-order valence-electron chi connectivity index (χ1n) is 5.98. The summed E-state index contributed by atoms with van der Waals surface area (Å²) in [5, 5.41) is 7.61. The van der Waals surface area contributed by atoms with E-state index in [4.69, 9.17) is 0 Å². The molecular formula is C13H19N3S. The first kappa shape index (κ1) is 12.3. The van der Waals surface area contributed by atoms with Crippen LogP contribution in [0.15, 0.2) is 18.3 Å². The van der Waals surface area contributed by atoms with E-state index in [9.17, 15) is 0 Å². The topological polar surface area (TPSA) is 29.9 Å². The van der Waals surface area contributed by atoms with Gasteiger partial charge in [0.25, 0.3) is 0 Å². The van der Waals surface area contributed by atoms with Crippen LogP contribution in [0.2, 0.25) is 0 Å². The summed E-state index contributed by atoms with van der Waals surface area (Å²) in [4.78, 5) is 2.82. The fourth-order valence-corrected chi connectivity index (χ4v) is 2.79. The maximum atomic E-state index is 4.45. The Bertz CT molecular complexity index is 485. The standard InChI is InChI=1S/C13H19N3S/c1-4-12-5-6-13(17-12)9-16-10(2)11(7-14-3)8-15-16/h5-6,8,14H,4,7,9H2,1-3H3. The molecule has 0 atom stereocenters. The molecule has 0 aliphatic heterocycles. The maximum absolute atomic E-state index is 4.45. The third-order valence-corrected chi connectivity index (χ3v) is 4.16. The van der Waals surface area contributed by atoms with Gasteiger partial charge in [-0.1, -0.05) is 6.92 Å². The number of nitrogens with one attached hydrogen (secondary N) is 1. The van der Waals surface area contributed by atoms with E-state index < -0.39 is 0 Å². The lowest BCUT2D eigenvalue weighted by atomic mass is 10.2. The van der Waals surface area contributed by atoms with Gasteiger partial charge in [0.1, 0.15) is 0 Å². The molecule has 0 amide bonds. The Hall–Kier alpha value is -1.13. The SMILES string of the molecule is CCc1ccc(Cn2ncc(CNC)c2C)s1. The van der Waals surface area contributed by atoms with Crippen molar-refractivity contribution >= 4 is 11.3 Å². The zero-order valence-corrected chi connectivity index (χ0v) is 11.5. The molecule has 0 unspecified atom stereocenters. The first-order valence-corrected chi connectivity index (χ1v) is 6.79. The van der Waals surface area contributed by atoms with Crippen LogP contribution in [0.1, 0.15) is 27.9 Å². The molecule has 2 aromatic rings. The molecular weight excluding hydrogens is 230 g/mol. The van der Waals surface area contributed by atoms with Crippen LogP contribution in [0, 0.1) is 6.92 Å². The average molecular weight is 249 g/mol. The van der Waals surface area contributed by atoms with Crippen LogP contribution in [-0.4, -0.2) is 16.8 Å². The molecule has 0 aliphatic carbocycles. The highest BCUT2D eigenvalue weighted by atomic mass is 32.1. The third-order valence-electron chi connectivity index (χ3n) is 2.94. The summed E-state index contributed by atoms with van der Waals surface area (Å²) in [7, 11) is 1.96. The van der Waals surface area contributed by atoms with Gasteiger partial charge in [0.15, 0.2) is 0 Å². The van der Waals surface area contributed by atoms with Crippen LogP contribution >= 0.6 is 11.3 Å². The molecule has 4 heteroatoms. The van der Waals surface area contributed by atoms with Crippen molar-refractivity contribution in [3.63, 3.8) is 0 Å². The largest absolute Gasteiger partial charge is 0.316 e. The molecule has 92 valence electrons. The molecule has 0 saturated heterocycles. The van der Waals surface area contributed by atoms with Crippen LogP contribution < -0.4 is 5.32 Å². The van der Waals surface area contributed by atoms with E-state index in [0.29, 0.717) is 0 Å². The predicted molar refractivity (Wildman–Crippen MR) is 72.5 cm³/mol. The van der Waals surface area contributed by atoms with Gasteiger partial charge in [-0.3, -0.25) is 4.68 Å². The number of nitrogens with zero attached hydrogens (tertiary/aromatic N) is 2. The molecule has 0 aliphatic rings. The van der Waals surface area contributed by atoms with Gasteiger partial charge in [-0.2, -0.15) is 5.10 Å². The van der Waals surface area contributed by atoms with Gasteiger partial charge < -0.3 is 5.32 Å². The molecule has 0 radical (unpaired) electrons. The van der Waals surface area contributed by atoms with Crippen molar-refractivity contribution in [2.24, 2.45) is 0 Å². The zero-order valence-electron chi connectivity index (χ0n) is 10.7. The summed E-state index contributed by atoms with van der Waals surface area (Å²) >= 11 is 1.88. The van der Waals surface area contributed by atoms with Gasteiger partial charge in [0.05, 0.1) is 12.7 Å². The molecule has 0 bridgehead atoms. The van der Waals surface area contributed by atoms with E-state index >= 15 is 0 Å². The summed E-state index contributed by atoms with van der Waals surface area (Å²) < 4.78 is 2.08. The van der Waals surface area contributed by atoms with Crippen molar-refractivity contribution in [2.75, 3.05) is 7.05 Å². The second-order valence-electron chi connectivity index (χ2n) is 4.16. The number of aryl methyl sites for hydroxylation is 1. The molecule has 1 N–H and O–H groups in total. The van der Waals surface area contributed by atoms with E-state index in [2.05, 4.69) is 41.1 Å². The first-order chi connectivity index (χ1) is 8.24. The average Bonchev–Trinajstić information content (AvgIpc) is 2.91. The van der Waals surface area contributed by atoms with Crippen LogP contribution in [-0.2, 0) is 19.5 Å². The Morgan fingerprint density at radius 2 is 2.12 bits per heavy atom. The third kappa shape index (κ3) is 2.76. The van der Waals surface area contributed by atoms with Gasteiger partial charge in [0.2, 0.25) is 0 Å². The van der Waals surface area contributed by atoms with Crippen molar-refractivity contribution in [3.05, 3.63) is 39.3 Å². The Labute approximate surface area is 106 Å². The maximum Gasteiger partial charge on any atom is 0.0755 e. The summed E-state index contributed by atoms with van der Waals surface area (Å²) in [5.74, 6) is 0. The lowest BCUT2D eigenvalue weighted by Gasteiger charge is -2.03. The molecule has 0 aromatic carbocycles. The Kier molecular flexibility index (Phi) is 3.97. The lowest BCUT2D eigenvalue weighted by Crippen LogP contribution is -2.07. The quantitative estimate of drug-likeness (QED) is 0.882. The molecule has 2 rings (SSSR count). The monoisotopic (exact) mass is 249 g/mol. The number of rotatable bonds is 5. The van der Waals surface area contributed by atoms with Gasteiger partial charge in [0, 0.05) is 27.6 Å². The molecule has 17 heavy (non-hydrogen) atoms.